The number of hydrogen-bond acceptors (Lipinski definition) is 6. The highest BCUT2D eigenvalue weighted by Gasteiger charge is 2.21. The number of rotatable bonds is 2. The van der Waals surface area contributed by atoms with Crippen molar-refractivity contribution in [2.45, 2.75) is 24.2 Å². The van der Waals surface area contributed by atoms with Gasteiger partial charge in [0.15, 0.2) is 5.65 Å². The van der Waals surface area contributed by atoms with E-state index in [9.17, 15) is 13.2 Å². The van der Waals surface area contributed by atoms with E-state index in [-0.39, 0.29) is 15.9 Å². The summed E-state index contributed by atoms with van der Waals surface area (Å²) in [6, 6.07) is -0.0469. The van der Waals surface area contributed by atoms with Crippen LogP contribution in [0.3, 0.4) is 0 Å². The number of sulfone groups is 1. The van der Waals surface area contributed by atoms with Gasteiger partial charge in [-0.2, -0.15) is 5.10 Å². The minimum absolute atomic E-state index is 0.0469. The Kier molecular flexibility index (Phi) is 2.96. The highest BCUT2D eigenvalue weighted by Crippen LogP contribution is 2.32. The summed E-state index contributed by atoms with van der Waals surface area (Å²) in [5, 5.41) is 4.80. The Balaban J connectivity index is 2.46. The number of aromatic nitrogens is 4. The van der Waals surface area contributed by atoms with Crippen molar-refractivity contribution in [1.82, 2.24) is 19.3 Å². The fourth-order valence-electron chi connectivity index (χ4n) is 2.28. The van der Waals surface area contributed by atoms with Crippen LogP contribution in [-0.2, 0) is 16.9 Å². The first-order chi connectivity index (χ1) is 9.71. The molecule has 3 aromatic heterocycles. The second-order valence-corrected chi connectivity index (χ2v) is 8.40. The molecule has 0 amide bonds. The quantitative estimate of drug-likeness (QED) is 0.709. The van der Waals surface area contributed by atoms with Crippen LogP contribution >= 0.6 is 11.3 Å². The predicted octanol–water partition coefficient (Wildman–Crippen LogP) is 1.33. The molecule has 3 rings (SSSR count). The van der Waals surface area contributed by atoms with Crippen molar-refractivity contribution in [3.05, 3.63) is 16.6 Å². The average molecular weight is 326 g/mol. The lowest BCUT2D eigenvalue weighted by Crippen LogP contribution is -2.25. The van der Waals surface area contributed by atoms with E-state index in [4.69, 9.17) is 0 Å². The maximum Gasteiger partial charge on any atom is 0.291 e. The summed E-state index contributed by atoms with van der Waals surface area (Å²) in [6.07, 6.45) is 2.72. The van der Waals surface area contributed by atoms with Gasteiger partial charge in [0.2, 0.25) is 14.2 Å². The third-order valence-corrected chi connectivity index (χ3v) is 6.03. The Labute approximate surface area is 124 Å². The molecule has 0 radical (unpaired) electrons. The van der Waals surface area contributed by atoms with Gasteiger partial charge in [0.05, 0.1) is 16.9 Å². The summed E-state index contributed by atoms with van der Waals surface area (Å²) in [7, 11) is -1.65. The van der Waals surface area contributed by atoms with Crippen molar-refractivity contribution in [2.75, 3.05) is 6.26 Å². The molecule has 0 N–H and O–H groups in total. The lowest BCUT2D eigenvalue weighted by molar-refractivity contribution is 0.506. The molecular weight excluding hydrogens is 312 g/mol. The van der Waals surface area contributed by atoms with Crippen LogP contribution in [0.1, 0.15) is 19.9 Å². The van der Waals surface area contributed by atoms with Crippen molar-refractivity contribution in [3.8, 4) is 0 Å². The van der Waals surface area contributed by atoms with E-state index in [0.717, 1.165) is 17.6 Å². The third-order valence-electron chi connectivity index (χ3n) is 3.27. The van der Waals surface area contributed by atoms with Crippen LogP contribution in [0.5, 0.6) is 0 Å². The van der Waals surface area contributed by atoms with Crippen LogP contribution in [-0.4, -0.2) is 34.0 Å². The fraction of sp³-hybridized carbons (Fsp3) is 0.417. The van der Waals surface area contributed by atoms with Crippen molar-refractivity contribution in [2.24, 2.45) is 7.05 Å². The van der Waals surface area contributed by atoms with Gasteiger partial charge in [-0.15, -0.1) is 11.3 Å². The topological polar surface area (TPSA) is 86.8 Å². The highest BCUT2D eigenvalue weighted by molar-refractivity contribution is 7.92. The van der Waals surface area contributed by atoms with Crippen LogP contribution in [0.25, 0.3) is 21.3 Å². The standard InChI is InChI=1S/C12H14N4O3S2/c1-6(2)16-11(17)8-7(5-13-16)9-10(15(8)3)14-12(20-9)21(4,18)19/h5-6H,1-4H3. The molecule has 3 aromatic rings. The molecule has 0 fully saturated rings. The first-order valence-corrected chi connectivity index (χ1v) is 8.99. The van der Waals surface area contributed by atoms with Gasteiger partial charge >= 0.3 is 0 Å². The van der Waals surface area contributed by atoms with Crippen LogP contribution in [0.4, 0.5) is 0 Å². The zero-order chi connectivity index (χ0) is 15.5. The second kappa shape index (κ2) is 4.38. The molecule has 0 unspecified atom stereocenters. The van der Waals surface area contributed by atoms with E-state index in [1.54, 1.807) is 17.8 Å². The largest absolute Gasteiger partial charge is 0.323 e. The molecule has 9 heteroatoms. The third kappa shape index (κ3) is 1.99. The molecule has 3 heterocycles. The molecule has 0 aromatic carbocycles. The summed E-state index contributed by atoms with van der Waals surface area (Å²) in [4.78, 5) is 16.6. The van der Waals surface area contributed by atoms with Gasteiger partial charge in [0.25, 0.3) is 5.56 Å². The minimum Gasteiger partial charge on any atom is -0.323 e. The van der Waals surface area contributed by atoms with Crippen LogP contribution < -0.4 is 5.56 Å². The van der Waals surface area contributed by atoms with Crippen molar-refractivity contribution < 1.29 is 8.42 Å². The Morgan fingerprint density at radius 2 is 2.00 bits per heavy atom. The van der Waals surface area contributed by atoms with E-state index in [2.05, 4.69) is 10.1 Å². The molecule has 0 spiro atoms. The van der Waals surface area contributed by atoms with Gasteiger partial charge in [0, 0.05) is 18.7 Å². The first-order valence-electron chi connectivity index (χ1n) is 6.28. The molecule has 0 aliphatic heterocycles. The number of nitrogens with zero attached hydrogens (tertiary/aromatic N) is 4. The predicted molar refractivity (Wildman–Crippen MR) is 81.6 cm³/mol. The zero-order valence-electron chi connectivity index (χ0n) is 12.0. The summed E-state index contributed by atoms with van der Waals surface area (Å²) in [5.41, 5.74) is 0.791. The fourth-order valence-corrected chi connectivity index (χ4v) is 4.22. The Morgan fingerprint density at radius 1 is 1.33 bits per heavy atom. The normalized spacial score (nSPS) is 12.8. The number of hydrogen-bond donors (Lipinski definition) is 0. The molecule has 0 saturated carbocycles. The van der Waals surface area contributed by atoms with Gasteiger partial charge in [-0.3, -0.25) is 4.79 Å². The van der Waals surface area contributed by atoms with Crippen LogP contribution in [0.2, 0.25) is 0 Å². The number of aryl methyl sites for hydroxylation is 1. The van der Waals surface area contributed by atoms with E-state index in [1.165, 1.54) is 4.68 Å². The number of fused-ring (bicyclic) bond motifs is 3. The van der Waals surface area contributed by atoms with E-state index >= 15 is 0 Å². The molecule has 0 bridgehead atoms. The van der Waals surface area contributed by atoms with E-state index < -0.39 is 9.84 Å². The van der Waals surface area contributed by atoms with Crippen LogP contribution in [0.15, 0.2) is 15.3 Å². The lowest BCUT2D eigenvalue weighted by atomic mass is 10.3. The van der Waals surface area contributed by atoms with E-state index in [0.29, 0.717) is 21.3 Å². The molecule has 0 saturated heterocycles. The molecule has 112 valence electrons. The van der Waals surface area contributed by atoms with Gasteiger partial charge in [-0.05, 0) is 13.8 Å². The summed E-state index contributed by atoms with van der Waals surface area (Å²) in [5.74, 6) is 0. The molecular formula is C12H14N4O3S2. The molecule has 7 nitrogen and oxygen atoms in total. The minimum atomic E-state index is -3.36. The first kappa shape index (κ1) is 14.2. The summed E-state index contributed by atoms with van der Waals surface area (Å²) < 4.78 is 27.0. The van der Waals surface area contributed by atoms with Gasteiger partial charge < -0.3 is 4.57 Å². The lowest BCUT2D eigenvalue weighted by Gasteiger charge is -2.08. The molecule has 21 heavy (non-hydrogen) atoms. The number of thiazole rings is 1. The highest BCUT2D eigenvalue weighted by atomic mass is 32.2. The Morgan fingerprint density at radius 3 is 2.57 bits per heavy atom. The summed E-state index contributed by atoms with van der Waals surface area (Å²) in [6.45, 7) is 3.76. The molecule has 0 atom stereocenters. The Hall–Kier alpha value is -1.74. The average Bonchev–Trinajstić information content (AvgIpc) is 2.90. The maximum atomic E-state index is 12.5. The monoisotopic (exact) mass is 326 g/mol. The zero-order valence-corrected chi connectivity index (χ0v) is 13.6. The van der Waals surface area contributed by atoms with Gasteiger partial charge in [-0.1, -0.05) is 0 Å². The summed E-state index contributed by atoms with van der Waals surface area (Å²) >= 11 is 1.07. The SMILES string of the molecule is CC(C)n1ncc2c3sc(S(C)(=O)=O)nc3n(C)c2c1=O. The van der Waals surface area contributed by atoms with Crippen molar-refractivity contribution in [1.29, 1.82) is 0 Å². The van der Waals surface area contributed by atoms with Gasteiger partial charge in [0.1, 0.15) is 5.52 Å². The second-order valence-electron chi connectivity index (χ2n) is 5.21. The Bertz CT molecular complexity index is 1020. The molecule has 0 aliphatic rings. The molecule has 0 aliphatic carbocycles. The van der Waals surface area contributed by atoms with Crippen molar-refractivity contribution in [3.63, 3.8) is 0 Å². The van der Waals surface area contributed by atoms with Gasteiger partial charge in [-0.25, -0.2) is 18.1 Å². The van der Waals surface area contributed by atoms with Crippen LogP contribution in [0, 0.1) is 0 Å². The van der Waals surface area contributed by atoms with E-state index in [1.807, 2.05) is 13.8 Å². The maximum absolute atomic E-state index is 12.5. The smallest absolute Gasteiger partial charge is 0.291 e. The van der Waals surface area contributed by atoms with Crippen molar-refractivity contribution >= 4 is 42.4 Å².